The molecule has 0 amide bonds. The molecule has 0 atom stereocenters. The average Bonchev–Trinajstić information content (AvgIpc) is 3.24. The van der Waals surface area contributed by atoms with E-state index in [0.29, 0.717) is 0 Å². The van der Waals surface area contributed by atoms with Gasteiger partial charge in [0, 0.05) is 5.41 Å². The fourth-order valence-electron chi connectivity index (χ4n) is 7.67. The highest BCUT2D eigenvalue weighted by Gasteiger charge is 2.37. The van der Waals surface area contributed by atoms with E-state index in [9.17, 15) is 0 Å². The molecule has 0 spiro atoms. The van der Waals surface area contributed by atoms with Crippen molar-refractivity contribution in [2.45, 2.75) is 40.0 Å². The van der Waals surface area contributed by atoms with Crippen LogP contribution < -0.4 is 0 Å². The van der Waals surface area contributed by atoms with E-state index >= 15 is 0 Å². The van der Waals surface area contributed by atoms with Gasteiger partial charge in [0.05, 0.1) is 0 Å². The molecular weight excluding hydrogens is 504 g/mol. The highest BCUT2D eigenvalue weighted by atomic mass is 14.4. The Morgan fingerprint density at radius 1 is 0.405 bits per heavy atom. The molecule has 0 nitrogen and oxygen atoms in total. The van der Waals surface area contributed by atoms with E-state index in [4.69, 9.17) is 0 Å². The maximum Gasteiger partial charge on any atom is 0.0159 e. The second-order valence-electron chi connectivity index (χ2n) is 12.6. The molecule has 202 valence electrons. The van der Waals surface area contributed by atoms with Crippen molar-refractivity contribution in [3.63, 3.8) is 0 Å². The van der Waals surface area contributed by atoms with E-state index in [0.717, 1.165) is 0 Å². The summed E-state index contributed by atoms with van der Waals surface area (Å²) in [5.74, 6) is 0. The van der Waals surface area contributed by atoms with Gasteiger partial charge in [-0.2, -0.15) is 0 Å². The molecule has 1 aliphatic carbocycles. The smallest absolute Gasteiger partial charge is 0.0159 e. The van der Waals surface area contributed by atoms with Gasteiger partial charge in [-0.1, -0.05) is 123 Å². The van der Waals surface area contributed by atoms with Gasteiger partial charge < -0.3 is 0 Å². The number of fused-ring (bicyclic) bond motifs is 7. The van der Waals surface area contributed by atoms with Gasteiger partial charge in [0.25, 0.3) is 0 Å². The maximum absolute atomic E-state index is 2.52. The SMILES string of the molecule is Cc1cc(-c2c3ccccc3c(-c3cc4c(c5ccccc35)-c3ccccc3C4(C)C)c3ccccc23)cc(C)c1C. The number of aryl methyl sites for hydroxylation is 2. The Kier molecular flexibility index (Phi) is 5.32. The quantitative estimate of drug-likeness (QED) is 0.192. The van der Waals surface area contributed by atoms with Crippen LogP contribution in [0, 0.1) is 20.8 Å². The standard InChI is InChI=1S/C42H34/c1-25-22-28(23-26(2)27(25)3)39-31-16-8-10-18-33(31)40(34-19-11-9-17-32(34)39)36-24-38-41(30-15-7-6-14-29(30)36)35-20-12-13-21-37(35)42(38,4)5/h6-24H,1-5H3. The van der Waals surface area contributed by atoms with Crippen molar-refractivity contribution >= 4 is 32.3 Å². The summed E-state index contributed by atoms with van der Waals surface area (Å²) in [6.45, 7) is 11.5. The molecule has 0 heterocycles. The first-order chi connectivity index (χ1) is 20.4. The van der Waals surface area contributed by atoms with Gasteiger partial charge in [0.1, 0.15) is 0 Å². The van der Waals surface area contributed by atoms with E-state index < -0.39 is 0 Å². The van der Waals surface area contributed by atoms with Gasteiger partial charge in [-0.3, -0.25) is 0 Å². The number of hydrogen-bond donors (Lipinski definition) is 0. The second-order valence-corrected chi connectivity index (χ2v) is 12.6. The highest BCUT2D eigenvalue weighted by molar-refractivity contribution is 6.24. The molecule has 0 radical (unpaired) electrons. The van der Waals surface area contributed by atoms with E-state index in [2.05, 4.69) is 150 Å². The summed E-state index contributed by atoms with van der Waals surface area (Å²) >= 11 is 0. The van der Waals surface area contributed by atoms with Crippen molar-refractivity contribution in [3.05, 3.63) is 143 Å². The fraction of sp³-hybridized carbons (Fsp3) is 0.143. The van der Waals surface area contributed by atoms with Crippen molar-refractivity contribution in [3.8, 4) is 33.4 Å². The largest absolute Gasteiger partial charge is 0.0619 e. The third-order valence-electron chi connectivity index (χ3n) is 10.0. The molecule has 0 fully saturated rings. The summed E-state index contributed by atoms with van der Waals surface area (Å²) in [7, 11) is 0. The van der Waals surface area contributed by atoms with Crippen LogP contribution in [0.2, 0.25) is 0 Å². The minimum Gasteiger partial charge on any atom is -0.0619 e. The summed E-state index contributed by atoms with van der Waals surface area (Å²) in [6.07, 6.45) is 0. The molecule has 0 unspecified atom stereocenters. The molecule has 7 aromatic rings. The predicted molar refractivity (Wildman–Crippen MR) is 182 cm³/mol. The first kappa shape index (κ1) is 25.1. The van der Waals surface area contributed by atoms with Gasteiger partial charge in [0.15, 0.2) is 0 Å². The van der Waals surface area contributed by atoms with Gasteiger partial charge >= 0.3 is 0 Å². The fourth-order valence-corrected chi connectivity index (χ4v) is 7.67. The first-order valence-corrected chi connectivity index (χ1v) is 15.0. The Morgan fingerprint density at radius 2 is 0.857 bits per heavy atom. The zero-order valence-electron chi connectivity index (χ0n) is 25.0. The Morgan fingerprint density at radius 3 is 1.43 bits per heavy atom. The Balaban J connectivity index is 1.55. The van der Waals surface area contributed by atoms with Crippen molar-refractivity contribution in [1.29, 1.82) is 0 Å². The van der Waals surface area contributed by atoms with Gasteiger partial charge in [-0.25, -0.2) is 0 Å². The lowest BCUT2D eigenvalue weighted by atomic mass is 9.79. The van der Waals surface area contributed by atoms with Crippen LogP contribution in [0.4, 0.5) is 0 Å². The number of rotatable bonds is 2. The molecule has 0 N–H and O–H groups in total. The molecule has 0 bridgehead atoms. The van der Waals surface area contributed by atoms with E-state index in [1.54, 1.807) is 0 Å². The third-order valence-corrected chi connectivity index (χ3v) is 10.0. The number of hydrogen-bond acceptors (Lipinski definition) is 0. The van der Waals surface area contributed by atoms with Gasteiger partial charge in [-0.15, -0.1) is 0 Å². The average molecular weight is 539 g/mol. The van der Waals surface area contributed by atoms with Crippen LogP contribution in [-0.4, -0.2) is 0 Å². The Labute approximate surface area is 248 Å². The summed E-state index contributed by atoms with van der Waals surface area (Å²) in [5.41, 5.74) is 14.8. The van der Waals surface area contributed by atoms with Crippen molar-refractivity contribution < 1.29 is 0 Å². The molecule has 0 heteroatoms. The molecule has 0 aliphatic heterocycles. The molecule has 0 saturated carbocycles. The zero-order valence-corrected chi connectivity index (χ0v) is 25.0. The molecule has 1 aliphatic rings. The van der Waals surface area contributed by atoms with Crippen LogP contribution >= 0.6 is 0 Å². The normalized spacial score (nSPS) is 13.5. The van der Waals surface area contributed by atoms with Crippen molar-refractivity contribution in [2.75, 3.05) is 0 Å². The molecule has 7 aromatic carbocycles. The van der Waals surface area contributed by atoms with Crippen molar-refractivity contribution in [2.24, 2.45) is 0 Å². The third kappa shape index (κ3) is 3.36. The number of benzene rings is 7. The zero-order chi connectivity index (χ0) is 28.7. The first-order valence-electron chi connectivity index (χ1n) is 15.0. The monoisotopic (exact) mass is 538 g/mol. The van der Waals surface area contributed by atoms with Crippen LogP contribution in [0.1, 0.15) is 41.7 Å². The highest BCUT2D eigenvalue weighted by Crippen LogP contribution is 2.54. The maximum atomic E-state index is 2.52. The molecule has 42 heavy (non-hydrogen) atoms. The lowest BCUT2D eigenvalue weighted by Gasteiger charge is -2.24. The lowest BCUT2D eigenvalue weighted by molar-refractivity contribution is 0.661. The van der Waals surface area contributed by atoms with Gasteiger partial charge in [-0.05, 0) is 120 Å². The Hall–Kier alpha value is -4.68. The van der Waals surface area contributed by atoms with Gasteiger partial charge in [0.2, 0.25) is 0 Å². The van der Waals surface area contributed by atoms with Crippen LogP contribution in [0.15, 0.2) is 115 Å². The van der Waals surface area contributed by atoms with Crippen LogP contribution in [-0.2, 0) is 5.41 Å². The van der Waals surface area contributed by atoms with E-state index in [-0.39, 0.29) is 5.41 Å². The lowest BCUT2D eigenvalue weighted by Crippen LogP contribution is -2.15. The Bertz CT molecular complexity index is 2160. The molecular formula is C42H34. The minimum absolute atomic E-state index is 0.0762. The topological polar surface area (TPSA) is 0 Å². The molecule has 0 saturated heterocycles. The van der Waals surface area contributed by atoms with E-state index in [1.807, 2.05) is 0 Å². The summed E-state index contributed by atoms with van der Waals surface area (Å²) in [4.78, 5) is 0. The van der Waals surface area contributed by atoms with Crippen LogP contribution in [0.5, 0.6) is 0 Å². The summed E-state index contributed by atoms with van der Waals surface area (Å²) in [6, 6.07) is 43.4. The summed E-state index contributed by atoms with van der Waals surface area (Å²) < 4.78 is 0. The second kappa shape index (κ2) is 8.91. The minimum atomic E-state index is -0.0762. The summed E-state index contributed by atoms with van der Waals surface area (Å²) in [5, 5.41) is 7.88. The van der Waals surface area contributed by atoms with E-state index in [1.165, 1.54) is 93.5 Å². The molecule has 0 aromatic heterocycles. The van der Waals surface area contributed by atoms with Crippen LogP contribution in [0.25, 0.3) is 65.7 Å². The predicted octanol–water partition coefficient (Wildman–Crippen LogP) is 11.7. The van der Waals surface area contributed by atoms with Crippen molar-refractivity contribution in [1.82, 2.24) is 0 Å². The van der Waals surface area contributed by atoms with Crippen LogP contribution in [0.3, 0.4) is 0 Å². The molecule has 8 rings (SSSR count).